The SMILES string of the molecule is Cc1cc(C(=O)O)ccc1-c1cccc2c(CCCOc3cccc(C(F)(F)F)c3Cl)c(C(=O)O)[nH]c12. The molecular weight excluding hydrogens is 511 g/mol. The molecule has 0 unspecified atom stereocenters. The molecule has 0 saturated heterocycles. The van der Waals surface area contributed by atoms with Crippen molar-refractivity contribution < 1.29 is 37.7 Å². The van der Waals surface area contributed by atoms with E-state index in [-0.39, 0.29) is 30.0 Å². The molecule has 4 rings (SSSR count). The van der Waals surface area contributed by atoms with Crippen LogP contribution in [0.1, 0.15) is 44.0 Å². The van der Waals surface area contributed by atoms with Crippen LogP contribution in [-0.2, 0) is 12.6 Å². The summed E-state index contributed by atoms with van der Waals surface area (Å²) < 4.78 is 44.7. The highest BCUT2D eigenvalue weighted by molar-refractivity contribution is 6.32. The van der Waals surface area contributed by atoms with Crippen LogP contribution in [-0.4, -0.2) is 33.7 Å². The Hall–Kier alpha value is -3.98. The average Bonchev–Trinajstić information content (AvgIpc) is 3.21. The number of aryl methyl sites for hydroxylation is 2. The van der Waals surface area contributed by atoms with Crippen LogP contribution >= 0.6 is 11.6 Å². The highest BCUT2D eigenvalue weighted by Crippen LogP contribution is 2.39. The van der Waals surface area contributed by atoms with E-state index >= 15 is 0 Å². The molecule has 0 saturated carbocycles. The van der Waals surface area contributed by atoms with Crippen molar-refractivity contribution in [2.75, 3.05) is 6.61 Å². The third kappa shape index (κ3) is 5.27. The minimum absolute atomic E-state index is 0.000592. The number of H-pyrrole nitrogens is 1. The molecule has 0 fully saturated rings. The summed E-state index contributed by atoms with van der Waals surface area (Å²) in [4.78, 5) is 26.3. The molecule has 37 heavy (non-hydrogen) atoms. The van der Waals surface area contributed by atoms with Gasteiger partial charge in [-0.05, 0) is 60.7 Å². The van der Waals surface area contributed by atoms with Crippen molar-refractivity contribution in [1.82, 2.24) is 4.98 Å². The van der Waals surface area contributed by atoms with Crippen LogP contribution in [0.4, 0.5) is 13.2 Å². The predicted octanol–water partition coefficient (Wildman–Crippen LogP) is 7.22. The number of halogens is 4. The molecule has 1 heterocycles. The summed E-state index contributed by atoms with van der Waals surface area (Å²) in [7, 11) is 0. The zero-order valence-corrected chi connectivity index (χ0v) is 20.2. The second-order valence-electron chi connectivity index (χ2n) is 8.41. The van der Waals surface area contributed by atoms with E-state index in [9.17, 15) is 33.0 Å². The van der Waals surface area contributed by atoms with Gasteiger partial charge in [0.2, 0.25) is 0 Å². The van der Waals surface area contributed by atoms with Gasteiger partial charge in [0.15, 0.2) is 0 Å². The van der Waals surface area contributed by atoms with Gasteiger partial charge in [-0.2, -0.15) is 13.2 Å². The second-order valence-corrected chi connectivity index (χ2v) is 8.79. The largest absolute Gasteiger partial charge is 0.492 e. The maximum atomic E-state index is 13.1. The van der Waals surface area contributed by atoms with E-state index in [0.29, 0.717) is 34.0 Å². The number of carbonyl (C=O) groups is 2. The lowest BCUT2D eigenvalue weighted by Gasteiger charge is -2.13. The standard InChI is InChI=1S/C27H21ClF3NO5/c1-14-13-15(25(33)34)10-11-16(14)17-5-2-6-18-19(24(26(35)36)32-23(17)18)7-4-12-37-21-9-3-8-20(22(21)28)27(29,30)31/h2-3,5-6,8-11,13,32H,4,7,12H2,1H3,(H,33,34)(H,35,36). The normalized spacial score (nSPS) is 11.6. The van der Waals surface area contributed by atoms with Gasteiger partial charge in [0.1, 0.15) is 11.4 Å². The third-order valence-corrected chi connectivity index (χ3v) is 6.41. The van der Waals surface area contributed by atoms with E-state index in [1.807, 2.05) is 6.07 Å². The number of fused-ring (bicyclic) bond motifs is 1. The summed E-state index contributed by atoms with van der Waals surface area (Å²) in [5.74, 6) is -2.30. The lowest BCUT2D eigenvalue weighted by molar-refractivity contribution is -0.137. The molecule has 0 bridgehead atoms. The van der Waals surface area contributed by atoms with Crippen molar-refractivity contribution in [3.63, 3.8) is 0 Å². The topological polar surface area (TPSA) is 99.6 Å². The van der Waals surface area contributed by atoms with Gasteiger partial charge >= 0.3 is 18.1 Å². The first-order valence-electron chi connectivity index (χ1n) is 11.2. The Morgan fingerprint density at radius 3 is 2.38 bits per heavy atom. The van der Waals surface area contributed by atoms with Gasteiger partial charge in [-0.1, -0.05) is 41.9 Å². The summed E-state index contributed by atoms with van der Waals surface area (Å²) >= 11 is 5.87. The van der Waals surface area contributed by atoms with Crippen molar-refractivity contribution in [3.05, 3.63) is 87.6 Å². The number of nitrogens with one attached hydrogen (secondary N) is 1. The number of carboxylic acid groups (broad SMARTS) is 2. The number of aromatic carboxylic acids is 2. The Balaban J connectivity index is 1.61. The lowest BCUT2D eigenvalue weighted by Crippen LogP contribution is -2.08. The summed E-state index contributed by atoms with van der Waals surface area (Å²) in [6.45, 7) is 1.79. The zero-order valence-electron chi connectivity index (χ0n) is 19.4. The molecule has 3 aromatic carbocycles. The van der Waals surface area contributed by atoms with Crippen LogP contribution in [0.25, 0.3) is 22.0 Å². The molecule has 3 N–H and O–H groups in total. The van der Waals surface area contributed by atoms with Gasteiger partial charge in [-0.3, -0.25) is 0 Å². The Morgan fingerprint density at radius 1 is 1.00 bits per heavy atom. The first kappa shape index (κ1) is 26.1. The van der Waals surface area contributed by atoms with E-state index in [0.717, 1.165) is 11.6 Å². The van der Waals surface area contributed by atoms with Crippen LogP contribution in [0.3, 0.4) is 0 Å². The first-order chi connectivity index (χ1) is 17.5. The zero-order chi connectivity index (χ0) is 26.9. The third-order valence-electron chi connectivity index (χ3n) is 6.02. The number of alkyl halides is 3. The molecule has 0 spiro atoms. The minimum atomic E-state index is -4.61. The lowest BCUT2D eigenvalue weighted by atomic mass is 9.95. The number of para-hydroxylation sites is 1. The molecule has 10 heteroatoms. The molecule has 0 aliphatic carbocycles. The summed E-state index contributed by atoms with van der Waals surface area (Å²) in [5, 5.41) is 19.2. The number of hydrogen-bond donors (Lipinski definition) is 3. The molecule has 4 aromatic rings. The first-order valence-corrected chi connectivity index (χ1v) is 11.6. The Morgan fingerprint density at radius 2 is 1.73 bits per heavy atom. The van der Waals surface area contributed by atoms with Crippen molar-refractivity contribution in [1.29, 1.82) is 0 Å². The quantitative estimate of drug-likeness (QED) is 0.208. The number of rotatable bonds is 8. The van der Waals surface area contributed by atoms with Crippen LogP contribution in [0.15, 0.2) is 54.6 Å². The minimum Gasteiger partial charge on any atom is -0.492 e. The van der Waals surface area contributed by atoms with Crippen molar-refractivity contribution in [3.8, 4) is 16.9 Å². The van der Waals surface area contributed by atoms with Crippen molar-refractivity contribution in [2.45, 2.75) is 25.9 Å². The monoisotopic (exact) mass is 531 g/mol. The molecule has 0 atom stereocenters. The van der Waals surface area contributed by atoms with Gasteiger partial charge < -0.3 is 19.9 Å². The Bertz CT molecular complexity index is 1510. The Labute approximate surface area is 214 Å². The maximum Gasteiger partial charge on any atom is 0.417 e. The summed E-state index contributed by atoms with van der Waals surface area (Å²) in [5.41, 5.74) is 2.45. The van der Waals surface area contributed by atoms with Crippen LogP contribution in [0.5, 0.6) is 5.75 Å². The van der Waals surface area contributed by atoms with E-state index in [1.54, 1.807) is 31.2 Å². The fraction of sp³-hybridized carbons (Fsp3) is 0.185. The molecular formula is C27H21ClF3NO5. The van der Waals surface area contributed by atoms with Crippen molar-refractivity contribution in [2.24, 2.45) is 0 Å². The fourth-order valence-corrected chi connectivity index (χ4v) is 4.60. The highest BCUT2D eigenvalue weighted by Gasteiger charge is 2.34. The van der Waals surface area contributed by atoms with Crippen LogP contribution in [0, 0.1) is 6.92 Å². The van der Waals surface area contributed by atoms with Gasteiger partial charge in [0.25, 0.3) is 0 Å². The summed E-state index contributed by atoms with van der Waals surface area (Å²) in [6, 6.07) is 13.5. The van der Waals surface area contributed by atoms with Crippen molar-refractivity contribution >= 4 is 34.4 Å². The van der Waals surface area contributed by atoms with E-state index in [1.165, 1.54) is 18.2 Å². The van der Waals surface area contributed by atoms with E-state index in [2.05, 4.69) is 4.98 Å². The molecule has 6 nitrogen and oxygen atoms in total. The van der Waals surface area contributed by atoms with Crippen LogP contribution in [0.2, 0.25) is 5.02 Å². The van der Waals surface area contributed by atoms with Gasteiger partial charge in [-0.25, -0.2) is 9.59 Å². The van der Waals surface area contributed by atoms with Gasteiger partial charge in [-0.15, -0.1) is 0 Å². The van der Waals surface area contributed by atoms with E-state index < -0.39 is 28.7 Å². The predicted molar refractivity (Wildman–Crippen MR) is 133 cm³/mol. The number of ether oxygens (including phenoxy) is 1. The average molecular weight is 532 g/mol. The summed E-state index contributed by atoms with van der Waals surface area (Å²) in [6.07, 6.45) is -4.02. The van der Waals surface area contributed by atoms with Gasteiger partial charge in [0, 0.05) is 10.9 Å². The van der Waals surface area contributed by atoms with E-state index in [4.69, 9.17) is 16.3 Å². The van der Waals surface area contributed by atoms with Crippen LogP contribution < -0.4 is 4.74 Å². The molecule has 0 aliphatic heterocycles. The fourth-order valence-electron chi connectivity index (χ4n) is 4.31. The van der Waals surface area contributed by atoms with Gasteiger partial charge in [0.05, 0.1) is 28.3 Å². The smallest absolute Gasteiger partial charge is 0.417 e. The number of aromatic nitrogens is 1. The number of aromatic amines is 1. The molecule has 192 valence electrons. The number of hydrogen-bond acceptors (Lipinski definition) is 3. The number of benzene rings is 3. The Kier molecular flexibility index (Phi) is 7.18. The highest BCUT2D eigenvalue weighted by atomic mass is 35.5. The maximum absolute atomic E-state index is 13.1. The second kappa shape index (κ2) is 10.2. The molecule has 0 radical (unpaired) electrons. The molecule has 1 aromatic heterocycles. The molecule has 0 aliphatic rings. The number of carboxylic acids is 2. The molecule has 0 amide bonds.